The fraction of sp³-hybridized carbons (Fsp3) is 0.500. The molecule has 0 bridgehead atoms. The summed E-state index contributed by atoms with van der Waals surface area (Å²) in [5.41, 5.74) is 1.11. The minimum Gasteiger partial charge on any atom is -0.459 e. The van der Waals surface area contributed by atoms with E-state index in [-0.39, 0.29) is 28.4 Å². The molecule has 2 aliphatic rings. The molecule has 4 rings (SSSR count). The number of anilines is 1. The van der Waals surface area contributed by atoms with Gasteiger partial charge in [-0.3, -0.25) is 9.59 Å². The zero-order valence-electron chi connectivity index (χ0n) is 19.0. The molecule has 2 amide bonds. The summed E-state index contributed by atoms with van der Waals surface area (Å²) in [5, 5.41) is 2.88. The van der Waals surface area contributed by atoms with Crippen LogP contribution < -0.4 is 5.32 Å². The molecule has 0 saturated carbocycles. The number of sulfonamides is 1. The maximum Gasteiger partial charge on any atom is 0.289 e. The summed E-state index contributed by atoms with van der Waals surface area (Å²) in [5.74, 6) is -0.546. The quantitative estimate of drug-likeness (QED) is 0.715. The molecule has 1 aromatic heterocycles. The molecule has 178 valence electrons. The number of aryl methyl sites for hydroxylation is 1. The van der Waals surface area contributed by atoms with E-state index in [1.807, 2.05) is 0 Å². The van der Waals surface area contributed by atoms with Gasteiger partial charge < -0.3 is 14.6 Å². The van der Waals surface area contributed by atoms with Crippen LogP contribution in [-0.2, 0) is 14.8 Å². The zero-order valence-corrected chi connectivity index (χ0v) is 19.8. The highest BCUT2D eigenvalue weighted by molar-refractivity contribution is 7.89. The molecule has 1 atom stereocenters. The molecule has 8 nitrogen and oxygen atoms in total. The van der Waals surface area contributed by atoms with Crippen molar-refractivity contribution in [3.8, 4) is 0 Å². The van der Waals surface area contributed by atoms with Crippen LogP contribution in [0, 0.1) is 12.8 Å². The molecule has 0 radical (unpaired) electrons. The predicted octanol–water partition coefficient (Wildman–Crippen LogP) is 3.64. The number of carbonyl (C=O) groups is 2. The third-order valence-corrected chi connectivity index (χ3v) is 8.49. The van der Waals surface area contributed by atoms with E-state index >= 15 is 0 Å². The smallest absolute Gasteiger partial charge is 0.289 e. The van der Waals surface area contributed by atoms with Gasteiger partial charge in [-0.05, 0) is 62.4 Å². The highest BCUT2D eigenvalue weighted by atomic mass is 32.2. The van der Waals surface area contributed by atoms with Crippen LogP contribution in [-0.4, -0.2) is 55.6 Å². The van der Waals surface area contributed by atoms with Crippen molar-refractivity contribution < 1.29 is 22.4 Å². The molecule has 33 heavy (non-hydrogen) atoms. The van der Waals surface area contributed by atoms with Gasteiger partial charge in [0, 0.05) is 31.9 Å². The Labute approximate surface area is 195 Å². The summed E-state index contributed by atoms with van der Waals surface area (Å²) in [4.78, 5) is 27.4. The molecule has 9 heteroatoms. The van der Waals surface area contributed by atoms with E-state index in [4.69, 9.17) is 4.42 Å². The number of likely N-dealkylation sites (tertiary alicyclic amines) is 1. The second-order valence-electron chi connectivity index (χ2n) is 8.86. The second-order valence-corrected chi connectivity index (χ2v) is 10.8. The van der Waals surface area contributed by atoms with Crippen LogP contribution in [0.25, 0.3) is 0 Å². The van der Waals surface area contributed by atoms with E-state index in [2.05, 4.69) is 5.32 Å². The molecule has 1 N–H and O–H groups in total. The van der Waals surface area contributed by atoms with E-state index < -0.39 is 10.0 Å². The van der Waals surface area contributed by atoms with Crippen LogP contribution in [0.4, 0.5) is 5.69 Å². The third-order valence-electron chi connectivity index (χ3n) is 6.45. The zero-order chi connectivity index (χ0) is 23.4. The molecule has 0 unspecified atom stereocenters. The number of hydrogen-bond donors (Lipinski definition) is 1. The summed E-state index contributed by atoms with van der Waals surface area (Å²) in [6.07, 6.45) is 6.65. The van der Waals surface area contributed by atoms with Gasteiger partial charge in [-0.2, -0.15) is 4.31 Å². The lowest BCUT2D eigenvalue weighted by atomic mass is 9.96. The van der Waals surface area contributed by atoms with Crippen molar-refractivity contribution in [1.29, 1.82) is 0 Å². The third kappa shape index (κ3) is 5.30. The van der Waals surface area contributed by atoms with Gasteiger partial charge in [-0.1, -0.05) is 18.9 Å². The fourth-order valence-corrected chi connectivity index (χ4v) is 6.32. The molecule has 0 spiro atoms. The van der Waals surface area contributed by atoms with Crippen molar-refractivity contribution in [2.45, 2.75) is 50.3 Å². The molecule has 1 aromatic carbocycles. The van der Waals surface area contributed by atoms with E-state index in [0.717, 1.165) is 25.7 Å². The van der Waals surface area contributed by atoms with E-state index in [1.54, 1.807) is 46.5 Å². The Morgan fingerprint density at radius 3 is 2.48 bits per heavy atom. The highest BCUT2D eigenvalue weighted by Gasteiger charge is 2.31. The first kappa shape index (κ1) is 23.5. The lowest BCUT2D eigenvalue weighted by Crippen LogP contribution is -2.43. The number of amides is 2. The lowest BCUT2D eigenvalue weighted by Gasteiger charge is -2.31. The topological polar surface area (TPSA) is 99.9 Å². The van der Waals surface area contributed by atoms with Crippen molar-refractivity contribution in [2.75, 3.05) is 31.5 Å². The average molecular weight is 474 g/mol. The summed E-state index contributed by atoms with van der Waals surface area (Å²) in [7, 11) is -3.63. The number of piperidine rings is 1. The van der Waals surface area contributed by atoms with Gasteiger partial charge in [0.05, 0.1) is 17.1 Å². The Morgan fingerprint density at radius 1 is 1.03 bits per heavy atom. The number of furan rings is 1. The van der Waals surface area contributed by atoms with Gasteiger partial charge in [-0.25, -0.2) is 8.42 Å². The Bertz CT molecular complexity index is 1090. The molecular weight excluding hydrogens is 442 g/mol. The van der Waals surface area contributed by atoms with Gasteiger partial charge in [0.1, 0.15) is 0 Å². The van der Waals surface area contributed by atoms with Crippen molar-refractivity contribution in [1.82, 2.24) is 9.21 Å². The van der Waals surface area contributed by atoms with Crippen LogP contribution in [0.3, 0.4) is 0 Å². The van der Waals surface area contributed by atoms with Gasteiger partial charge in [0.15, 0.2) is 5.76 Å². The normalized spacial score (nSPS) is 20.3. The average Bonchev–Trinajstić information content (AvgIpc) is 3.21. The maximum absolute atomic E-state index is 13.3. The maximum atomic E-state index is 13.3. The molecule has 2 saturated heterocycles. The summed E-state index contributed by atoms with van der Waals surface area (Å²) >= 11 is 0. The van der Waals surface area contributed by atoms with Gasteiger partial charge in [-0.15, -0.1) is 0 Å². The van der Waals surface area contributed by atoms with Crippen molar-refractivity contribution in [2.24, 2.45) is 5.92 Å². The lowest BCUT2D eigenvalue weighted by molar-refractivity contribution is -0.121. The van der Waals surface area contributed by atoms with Crippen LogP contribution in [0.2, 0.25) is 0 Å². The van der Waals surface area contributed by atoms with Crippen molar-refractivity contribution in [3.63, 3.8) is 0 Å². The molecular formula is C24H31N3O5S. The van der Waals surface area contributed by atoms with Crippen LogP contribution in [0.5, 0.6) is 0 Å². The standard InChI is InChI=1S/C24H31N3O5S/c1-18-10-11-20(16-22(18)33(30,31)27-13-4-2-3-5-14-27)25-23(28)19-8-6-12-26(17-19)24(29)21-9-7-15-32-21/h7,9-11,15-16,19H,2-6,8,12-14,17H2,1H3,(H,25,28)/t19-/m0/s1. The van der Waals surface area contributed by atoms with E-state index in [0.29, 0.717) is 50.3 Å². The Morgan fingerprint density at radius 2 is 1.79 bits per heavy atom. The Kier molecular flexibility index (Phi) is 7.19. The van der Waals surface area contributed by atoms with Crippen LogP contribution in [0.15, 0.2) is 45.9 Å². The first-order chi connectivity index (χ1) is 15.9. The van der Waals surface area contributed by atoms with Crippen molar-refractivity contribution in [3.05, 3.63) is 47.9 Å². The second kappa shape index (κ2) is 10.1. The minimum atomic E-state index is -3.63. The first-order valence-electron chi connectivity index (χ1n) is 11.6. The Balaban J connectivity index is 1.46. The van der Waals surface area contributed by atoms with E-state index in [1.165, 1.54) is 6.26 Å². The first-order valence-corrected chi connectivity index (χ1v) is 13.0. The summed E-state index contributed by atoms with van der Waals surface area (Å²) in [6.45, 7) is 3.71. The largest absolute Gasteiger partial charge is 0.459 e. The number of nitrogens with one attached hydrogen (secondary N) is 1. The number of nitrogens with zero attached hydrogens (tertiary/aromatic N) is 2. The number of carbonyl (C=O) groups excluding carboxylic acids is 2. The van der Waals surface area contributed by atoms with E-state index in [9.17, 15) is 18.0 Å². The predicted molar refractivity (Wildman–Crippen MR) is 124 cm³/mol. The number of benzene rings is 1. The fourth-order valence-electron chi connectivity index (χ4n) is 4.55. The van der Waals surface area contributed by atoms with Gasteiger partial charge >= 0.3 is 0 Å². The van der Waals surface area contributed by atoms with Gasteiger partial charge in [0.25, 0.3) is 5.91 Å². The molecule has 2 aromatic rings. The SMILES string of the molecule is Cc1ccc(NC(=O)[C@H]2CCCN(C(=O)c3ccco3)C2)cc1S(=O)(=O)N1CCCCCC1. The summed E-state index contributed by atoms with van der Waals surface area (Å²) in [6, 6.07) is 8.29. The highest BCUT2D eigenvalue weighted by Crippen LogP contribution is 2.27. The monoisotopic (exact) mass is 473 g/mol. The van der Waals surface area contributed by atoms with Crippen molar-refractivity contribution >= 4 is 27.5 Å². The number of hydrogen-bond acceptors (Lipinski definition) is 5. The van der Waals surface area contributed by atoms with Crippen LogP contribution in [0.1, 0.15) is 54.6 Å². The minimum absolute atomic E-state index is 0.214. The molecule has 2 aliphatic heterocycles. The van der Waals surface area contributed by atoms with Crippen LogP contribution >= 0.6 is 0 Å². The molecule has 2 fully saturated rings. The van der Waals surface area contributed by atoms with Gasteiger partial charge in [0.2, 0.25) is 15.9 Å². The summed E-state index contributed by atoms with van der Waals surface area (Å²) < 4.78 is 33.3. The molecule has 3 heterocycles. The molecule has 0 aliphatic carbocycles. The number of rotatable bonds is 5. The Hall–Kier alpha value is -2.65.